The van der Waals surface area contributed by atoms with Crippen molar-refractivity contribution in [2.45, 2.75) is 25.3 Å². The molecular weight excluding hydrogens is 392 g/mol. The molecule has 0 unspecified atom stereocenters. The van der Waals surface area contributed by atoms with Gasteiger partial charge < -0.3 is 19.4 Å². The molecule has 0 N–H and O–H groups in total. The zero-order valence-corrected chi connectivity index (χ0v) is 18.1. The second kappa shape index (κ2) is 8.09. The monoisotopic (exact) mass is 420 g/mol. The zero-order chi connectivity index (χ0) is 21.4. The van der Waals surface area contributed by atoms with E-state index in [1.807, 2.05) is 64.0 Å². The number of nitrogens with zero attached hydrogens (tertiary/aromatic N) is 6. The summed E-state index contributed by atoms with van der Waals surface area (Å²) >= 11 is 0. The summed E-state index contributed by atoms with van der Waals surface area (Å²) in [4.78, 5) is 23.4. The number of benzene rings is 1. The molecule has 162 valence electrons. The average Bonchev–Trinajstić information content (AvgIpc) is 3.58. The Balaban J connectivity index is 1.38. The molecule has 3 aromatic rings. The van der Waals surface area contributed by atoms with Crippen molar-refractivity contribution in [2.75, 3.05) is 45.2 Å². The van der Waals surface area contributed by atoms with Crippen molar-refractivity contribution < 1.29 is 9.53 Å². The van der Waals surface area contributed by atoms with E-state index in [2.05, 4.69) is 9.88 Å². The Kier molecular flexibility index (Phi) is 5.13. The molecule has 0 spiro atoms. The molecule has 2 aliphatic heterocycles. The zero-order valence-electron chi connectivity index (χ0n) is 18.1. The van der Waals surface area contributed by atoms with E-state index in [4.69, 9.17) is 9.84 Å². The molecule has 31 heavy (non-hydrogen) atoms. The Morgan fingerprint density at radius 2 is 1.94 bits per heavy atom. The predicted octanol–water partition coefficient (Wildman–Crippen LogP) is 3.13. The topological polar surface area (TPSA) is 66.2 Å². The molecule has 0 radical (unpaired) electrons. The van der Waals surface area contributed by atoms with Crippen LogP contribution in [0.5, 0.6) is 5.75 Å². The van der Waals surface area contributed by atoms with Gasteiger partial charge in [0.05, 0.1) is 25.0 Å². The number of urea groups is 1. The summed E-state index contributed by atoms with van der Waals surface area (Å²) in [7, 11) is 3.60. The summed E-state index contributed by atoms with van der Waals surface area (Å²) in [5.74, 6) is 1.69. The van der Waals surface area contributed by atoms with Gasteiger partial charge in [0.25, 0.3) is 0 Å². The van der Waals surface area contributed by atoms with Gasteiger partial charge in [-0.05, 0) is 43.5 Å². The number of carbonyl (C=O) groups is 1. The largest absolute Gasteiger partial charge is 0.496 e. The number of anilines is 1. The highest BCUT2D eigenvalue weighted by atomic mass is 16.5. The van der Waals surface area contributed by atoms with E-state index in [-0.39, 0.29) is 12.1 Å². The summed E-state index contributed by atoms with van der Waals surface area (Å²) in [5, 5.41) is 4.90. The Hall–Kier alpha value is -3.29. The molecule has 0 bridgehead atoms. The SMILES string of the molecule is COc1ccccc1-c1cnc2ccc(N3CC[C@H](N(C)C(=O)N4CCCC4)C3)nn12. The van der Waals surface area contributed by atoms with Crippen LogP contribution < -0.4 is 9.64 Å². The molecule has 1 atom stereocenters. The first-order valence-electron chi connectivity index (χ1n) is 10.9. The molecular formula is C23H28N6O2. The molecule has 8 nitrogen and oxygen atoms in total. The smallest absolute Gasteiger partial charge is 0.320 e. The van der Waals surface area contributed by atoms with E-state index in [9.17, 15) is 4.79 Å². The van der Waals surface area contributed by atoms with Gasteiger partial charge in [-0.2, -0.15) is 0 Å². The van der Waals surface area contributed by atoms with Crippen molar-refractivity contribution in [3.05, 3.63) is 42.6 Å². The normalized spacial score (nSPS) is 18.7. The highest BCUT2D eigenvalue weighted by molar-refractivity contribution is 5.75. The van der Waals surface area contributed by atoms with Gasteiger partial charge in [0, 0.05) is 38.8 Å². The number of methoxy groups -OCH3 is 1. The minimum atomic E-state index is 0.154. The Labute approximate surface area is 182 Å². The first-order valence-corrected chi connectivity index (χ1v) is 10.9. The standard InChI is InChI=1S/C23H28N6O2/c1-26(23(30)27-12-5-6-13-27)17-11-14-28(16-17)22-10-9-21-24-15-19(29(21)25-22)18-7-3-4-8-20(18)31-2/h3-4,7-10,15,17H,5-6,11-14,16H2,1-2H3/t17-/m0/s1. The molecule has 5 rings (SSSR count). The van der Waals surface area contributed by atoms with Crippen molar-refractivity contribution in [2.24, 2.45) is 0 Å². The fourth-order valence-electron chi connectivity index (χ4n) is 4.63. The molecule has 2 saturated heterocycles. The van der Waals surface area contributed by atoms with E-state index >= 15 is 0 Å². The number of rotatable bonds is 4. The summed E-state index contributed by atoms with van der Waals surface area (Å²) in [6, 6.07) is 12.3. The van der Waals surface area contributed by atoms with Crippen LogP contribution in [0.15, 0.2) is 42.6 Å². The van der Waals surface area contributed by atoms with Gasteiger partial charge in [-0.3, -0.25) is 0 Å². The van der Waals surface area contributed by atoms with Crippen LogP contribution >= 0.6 is 0 Å². The van der Waals surface area contributed by atoms with E-state index in [1.165, 1.54) is 0 Å². The highest BCUT2D eigenvalue weighted by Crippen LogP contribution is 2.30. The minimum absolute atomic E-state index is 0.154. The van der Waals surface area contributed by atoms with Crippen LogP contribution in [0, 0.1) is 0 Å². The van der Waals surface area contributed by atoms with Crippen LogP contribution in [0.4, 0.5) is 10.6 Å². The summed E-state index contributed by atoms with van der Waals surface area (Å²) in [5.41, 5.74) is 2.64. The number of amides is 2. The lowest BCUT2D eigenvalue weighted by Gasteiger charge is -2.29. The van der Waals surface area contributed by atoms with Crippen LogP contribution in [0.3, 0.4) is 0 Å². The predicted molar refractivity (Wildman–Crippen MR) is 120 cm³/mol. The third kappa shape index (κ3) is 3.56. The van der Waals surface area contributed by atoms with Gasteiger partial charge in [-0.1, -0.05) is 12.1 Å². The van der Waals surface area contributed by atoms with Crippen LogP contribution in [0.2, 0.25) is 0 Å². The molecule has 2 aliphatic rings. The molecule has 2 amide bonds. The van der Waals surface area contributed by atoms with Crippen molar-refractivity contribution in [3.63, 3.8) is 0 Å². The molecule has 4 heterocycles. The molecule has 1 aromatic carbocycles. The number of fused-ring (bicyclic) bond motifs is 1. The van der Waals surface area contributed by atoms with Gasteiger partial charge in [-0.25, -0.2) is 14.3 Å². The van der Waals surface area contributed by atoms with Crippen molar-refractivity contribution >= 4 is 17.5 Å². The lowest BCUT2D eigenvalue weighted by molar-refractivity contribution is 0.159. The van der Waals surface area contributed by atoms with E-state index < -0.39 is 0 Å². The number of aromatic nitrogens is 3. The first kappa shape index (κ1) is 19.7. The summed E-state index contributed by atoms with van der Waals surface area (Å²) in [6.07, 6.45) is 5.00. The Morgan fingerprint density at radius 3 is 2.74 bits per heavy atom. The van der Waals surface area contributed by atoms with Gasteiger partial charge >= 0.3 is 6.03 Å². The van der Waals surface area contributed by atoms with E-state index in [0.29, 0.717) is 0 Å². The number of hydrogen-bond donors (Lipinski definition) is 0. The number of para-hydroxylation sites is 1. The fourth-order valence-corrected chi connectivity index (χ4v) is 4.63. The van der Waals surface area contributed by atoms with E-state index in [0.717, 1.165) is 73.9 Å². The maximum Gasteiger partial charge on any atom is 0.320 e. The lowest BCUT2D eigenvalue weighted by Crippen LogP contribution is -2.46. The molecule has 0 saturated carbocycles. The maximum atomic E-state index is 12.8. The summed E-state index contributed by atoms with van der Waals surface area (Å²) < 4.78 is 7.41. The first-order chi connectivity index (χ1) is 15.2. The third-order valence-electron chi connectivity index (χ3n) is 6.44. The molecule has 2 aromatic heterocycles. The van der Waals surface area contributed by atoms with Gasteiger partial charge in [0.2, 0.25) is 0 Å². The quantitative estimate of drug-likeness (QED) is 0.649. The van der Waals surface area contributed by atoms with Gasteiger partial charge in [0.1, 0.15) is 11.6 Å². The number of ether oxygens (including phenoxy) is 1. The number of carbonyl (C=O) groups excluding carboxylic acids is 1. The number of imidazole rings is 1. The molecule has 2 fully saturated rings. The second-order valence-corrected chi connectivity index (χ2v) is 8.28. The second-order valence-electron chi connectivity index (χ2n) is 8.28. The Bertz CT molecular complexity index is 1090. The van der Waals surface area contributed by atoms with Crippen molar-refractivity contribution in [1.29, 1.82) is 0 Å². The van der Waals surface area contributed by atoms with E-state index in [1.54, 1.807) is 7.11 Å². The fraction of sp³-hybridized carbons (Fsp3) is 0.435. The van der Waals surface area contributed by atoms with Crippen LogP contribution in [0.1, 0.15) is 19.3 Å². The maximum absolute atomic E-state index is 12.8. The number of likely N-dealkylation sites (N-methyl/N-ethyl adjacent to an activating group) is 1. The Morgan fingerprint density at radius 1 is 1.13 bits per heavy atom. The lowest BCUT2D eigenvalue weighted by atomic mass is 10.1. The van der Waals surface area contributed by atoms with Crippen LogP contribution in [-0.2, 0) is 0 Å². The van der Waals surface area contributed by atoms with Gasteiger partial charge in [-0.15, -0.1) is 5.10 Å². The molecule has 0 aliphatic carbocycles. The summed E-state index contributed by atoms with van der Waals surface area (Å²) in [6.45, 7) is 3.42. The van der Waals surface area contributed by atoms with Gasteiger partial charge in [0.15, 0.2) is 5.65 Å². The molecule has 8 heteroatoms. The van der Waals surface area contributed by atoms with Crippen LogP contribution in [0.25, 0.3) is 16.9 Å². The minimum Gasteiger partial charge on any atom is -0.496 e. The van der Waals surface area contributed by atoms with Crippen molar-refractivity contribution in [3.8, 4) is 17.0 Å². The number of likely N-dealkylation sites (tertiary alicyclic amines) is 1. The van der Waals surface area contributed by atoms with Crippen molar-refractivity contribution in [1.82, 2.24) is 24.4 Å². The highest BCUT2D eigenvalue weighted by Gasteiger charge is 2.32. The van der Waals surface area contributed by atoms with Crippen LogP contribution in [-0.4, -0.2) is 76.8 Å². The number of hydrogen-bond acceptors (Lipinski definition) is 5. The third-order valence-corrected chi connectivity index (χ3v) is 6.44. The average molecular weight is 421 g/mol.